The summed E-state index contributed by atoms with van der Waals surface area (Å²) in [5.74, 6) is -0.955. The maximum atomic E-state index is 13.5. The maximum absolute atomic E-state index is 13.5. The summed E-state index contributed by atoms with van der Waals surface area (Å²) in [5, 5.41) is 15.0. The lowest BCUT2D eigenvalue weighted by atomic mass is 9.93. The number of ether oxygens (including phenoxy) is 1. The Morgan fingerprint density at radius 3 is 2.76 bits per heavy atom. The van der Waals surface area contributed by atoms with Crippen LogP contribution in [0.1, 0.15) is 54.1 Å². The van der Waals surface area contributed by atoms with Gasteiger partial charge in [0.1, 0.15) is 0 Å². The van der Waals surface area contributed by atoms with Gasteiger partial charge in [0.15, 0.2) is 0 Å². The SMILES string of the molecule is Cc1cc2[nH]c(=O)c3cnn(C4CCOCC4)c3c2cc1C(=O)N1CCCC(CC(=O)O)C1. The minimum Gasteiger partial charge on any atom is -0.481 e. The van der Waals surface area contributed by atoms with Crippen LogP contribution in [-0.4, -0.2) is 63.0 Å². The number of pyridine rings is 1. The lowest BCUT2D eigenvalue weighted by molar-refractivity contribution is -0.138. The number of aromatic nitrogens is 3. The molecular formula is C24H28N4O5. The van der Waals surface area contributed by atoms with Crippen LogP contribution in [0.4, 0.5) is 0 Å². The van der Waals surface area contributed by atoms with Crippen LogP contribution >= 0.6 is 0 Å². The number of benzene rings is 1. The number of fused-ring (bicyclic) bond motifs is 3. The second-order valence-corrected chi connectivity index (χ2v) is 9.22. The van der Waals surface area contributed by atoms with Gasteiger partial charge in [-0.2, -0.15) is 5.10 Å². The molecule has 9 heteroatoms. The summed E-state index contributed by atoms with van der Waals surface area (Å²) in [5.41, 5.74) is 2.59. The molecule has 1 amide bonds. The highest BCUT2D eigenvalue weighted by atomic mass is 16.5. The van der Waals surface area contributed by atoms with Crippen molar-refractivity contribution in [2.75, 3.05) is 26.3 Å². The Kier molecular flexibility index (Phi) is 5.65. The molecule has 1 unspecified atom stereocenters. The molecule has 4 heterocycles. The summed E-state index contributed by atoms with van der Waals surface area (Å²) in [6, 6.07) is 3.85. The summed E-state index contributed by atoms with van der Waals surface area (Å²) < 4.78 is 7.41. The van der Waals surface area contributed by atoms with Gasteiger partial charge in [-0.1, -0.05) is 0 Å². The van der Waals surface area contributed by atoms with Crippen LogP contribution in [0, 0.1) is 12.8 Å². The van der Waals surface area contributed by atoms with Gasteiger partial charge in [-0.05, 0) is 56.2 Å². The minimum absolute atomic E-state index is 0.0287. The molecule has 2 saturated heterocycles. The Hall–Kier alpha value is -3.20. The van der Waals surface area contributed by atoms with Gasteiger partial charge in [-0.15, -0.1) is 0 Å². The van der Waals surface area contributed by atoms with Crippen molar-refractivity contribution in [3.05, 3.63) is 39.8 Å². The summed E-state index contributed by atoms with van der Waals surface area (Å²) in [4.78, 5) is 42.1. The van der Waals surface area contributed by atoms with E-state index in [0.717, 1.165) is 42.1 Å². The monoisotopic (exact) mass is 452 g/mol. The summed E-state index contributed by atoms with van der Waals surface area (Å²) in [6.07, 6.45) is 4.93. The van der Waals surface area contributed by atoms with Crippen molar-refractivity contribution in [3.63, 3.8) is 0 Å². The molecule has 2 aromatic heterocycles. The first-order chi connectivity index (χ1) is 15.9. The normalized spacial score (nSPS) is 19.9. The number of aromatic amines is 1. The van der Waals surface area contributed by atoms with Gasteiger partial charge in [0, 0.05) is 43.7 Å². The van der Waals surface area contributed by atoms with Gasteiger partial charge < -0.3 is 19.7 Å². The first-order valence-corrected chi connectivity index (χ1v) is 11.5. The van der Waals surface area contributed by atoms with E-state index in [2.05, 4.69) is 10.1 Å². The number of H-pyrrole nitrogens is 1. The molecule has 1 aromatic carbocycles. The van der Waals surface area contributed by atoms with Crippen LogP contribution in [0.5, 0.6) is 0 Å². The van der Waals surface area contributed by atoms with Crippen LogP contribution < -0.4 is 5.56 Å². The number of likely N-dealkylation sites (tertiary alicyclic amines) is 1. The van der Waals surface area contributed by atoms with Gasteiger partial charge in [-0.3, -0.25) is 19.1 Å². The minimum atomic E-state index is -0.830. The highest BCUT2D eigenvalue weighted by Crippen LogP contribution is 2.31. The van der Waals surface area contributed by atoms with Gasteiger partial charge >= 0.3 is 5.97 Å². The summed E-state index contributed by atoms with van der Waals surface area (Å²) >= 11 is 0. The van der Waals surface area contributed by atoms with E-state index in [4.69, 9.17) is 9.84 Å². The number of carbonyl (C=O) groups excluding carboxylic acids is 1. The van der Waals surface area contributed by atoms with Gasteiger partial charge in [0.25, 0.3) is 11.5 Å². The van der Waals surface area contributed by atoms with E-state index in [-0.39, 0.29) is 29.8 Å². The predicted molar refractivity (Wildman–Crippen MR) is 123 cm³/mol. The molecule has 2 aliphatic rings. The molecule has 3 aromatic rings. The number of aliphatic carboxylic acids is 1. The largest absolute Gasteiger partial charge is 0.481 e. The molecule has 9 nitrogen and oxygen atoms in total. The van der Waals surface area contributed by atoms with Gasteiger partial charge in [-0.25, -0.2) is 0 Å². The van der Waals surface area contributed by atoms with Gasteiger partial charge in [0.2, 0.25) is 0 Å². The van der Waals surface area contributed by atoms with E-state index >= 15 is 0 Å². The van der Waals surface area contributed by atoms with E-state index in [1.54, 1.807) is 11.1 Å². The molecule has 0 saturated carbocycles. The molecule has 5 rings (SSSR count). The third-order valence-electron chi connectivity index (χ3n) is 6.94. The third-order valence-corrected chi connectivity index (χ3v) is 6.94. The zero-order chi connectivity index (χ0) is 23.1. The number of hydrogen-bond acceptors (Lipinski definition) is 5. The second-order valence-electron chi connectivity index (χ2n) is 9.22. The molecule has 2 aliphatic heterocycles. The average Bonchev–Trinajstić information content (AvgIpc) is 3.25. The summed E-state index contributed by atoms with van der Waals surface area (Å²) in [7, 11) is 0. The molecule has 0 radical (unpaired) electrons. The molecular weight excluding hydrogens is 424 g/mol. The van der Waals surface area contributed by atoms with E-state index < -0.39 is 5.97 Å². The highest BCUT2D eigenvalue weighted by Gasteiger charge is 2.28. The molecule has 1 atom stereocenters. The van der Waals surface area contributed by atoms with E-state index in [1.165, 1.54) is 0 Å². The Bertz CT molecular complexity index is 1290. The van der Waals surface area contributed by atoms with Crippen molar-refractivity contribution in [2.24, 2.45) is 5.92 Å². The molecule has 33 heavy (non-hydrogen) atoms. The van der Waals surface area contributed by atoms with E-state index in [9.17, 15) is 14.4 Å². The lowest BCUT2D eigenvalue weighted by Crippen LogP contribution is -2.40. The Morgan fingerprint density at radius 1 is 1.21 bits per heavy atom. The second kappa shape index (κ2) is 8.62. The fourth-order valence-electron chi connectivity index (χ4n) is 5.26. The number of aryl methyl sites for hydroxylation is 1. The van der Waals surface area contributed by atoms with E-state index in [0.29, 0.717) is 42.8 Å². The van der Waals surface area contributed by atoms with Crippen LogP contribution in [0.25, 0.3) is 21.8 Å². The van der Waals surface area contributed by atoms with Crippen molar-refractivity contribution in [1.82, 2.24) is 19.7 Å². The number of carbonyl (C=O) groups is 2. The van der Waals surface area contributed by atoms with Crippen molar-refractivity contribution in [3.8, 4) is 0 Å². The van der Waals surface area contributed by atoms with E-state index in [1.807, 2.05) is 23.7 Å². The first-order valence-electron chi connectivity index (χ1n) is 11.5. The number of piperidine rings is 1. The van der Waals surface area contributed by atoms with Crippen LogP contribution in [-0.2, 0) is 9.53 Å². The fraction of sp³-hybridized carbons (Fsp3) is 0.500. The Balaban J connectivity index is 1.58. The molecule has 2 fully saturated rings. The quantitative estimate of drug-likeness (QED) is 0.629. The Morgan fingerprint density at radius 2 is 2.00 bits per heavy atom. The zero-order valence-corrected chi connectivity index (χ0v) is 18.7. The van der Waals surface area contributed by atoms with Crippen LogP contribution in [0.3, 0.4) is 0 Å². The van der Waals surface area contributed by atoms with Crippen molar-refractivity contribution in [2.45, 2.75) is 45.1 Å². The average molecular weight is 453 g/mol. The number of amides is 1. The number of nitrogens with one attached hydrogen (secondary N) is 1. The molecule has 2 N–H and O–H groups in total. The highest BCUT2D eigenvalue weighted by molar-refractivity contribution is 6.07. The lowest BCUT2D eigenvalue weighted by Gasteiger charge is -2.32. The summed E-state index contributed by atoms with van der Waals surface area (Å²) in [6.45, 7) is 4.24. The van der Waals surface area contributed by atoms with Crippen molar-refractivity contribution >= 4 is 33.7 Å². The molecule has 0 aliphatic carbocycles. The third kappa shape index (κ3) is 4.01. The topological polar surface area (TPSA) is 118 Å². The van der Waals surface area contributed by atoms with Crippen LogP contribution in [0.2, 0.25) is 0 Å². The fourth-order valence-corrected chi connectivity index (χ4v) is 5.26. The molecule has 0 bridgehead atoms. The number of carboxylic acid groups (broad SMARTS) is 1. The number of nitrogens with zero attached hydrogens (tertiary/aromatic N) is 3. The van der Waals surface area contributed by atoms with Crippen molar-refractivity contribution in [1.29, 1.82) is 0 Å². The molecule has 174 valence electrons. The van der Waals surface area contributed by atoms with Crippen LogP contribution in [0.15, 0.2) is 23.1 Å². The predicted octanol–water partition coefficient (Wildman–Crippen LogP) is 2.86. The number of rotatable bonds is 4. The Labute approximate surface area is 190 Å². The van der Waals surface area contributed by atoms with Crippen molar-refractivity contribution < 1.29 is 19.4 Å². The number of hydrogen-bond donors (Lipinski definition) is 2. The maximum Gasteiger partial charge on any atom is 0.303 e. The first kappa shape index (κ1) is 21.6. The smallest absolute Gasteiger partial charge is 0.303 e. The molecule has 0 spiro atoms. The van der Waals surface area contributed by atoms with Gasteiger partial charge in [0.05, 0.1) is 28.7 Å². The standard InChI is InChI=1S/C24H28N4O5/c1-14-9-20-18(11-17(14)24(32)27-6-2-3-15(13-27)10-21(29)30)22-19(23(31)26-20)12-25-28(22)16-4-7-33-8-5-16/h9,11-12,15-16H,2-8,10,13H2,1H3,(H,26,31)(H,29,30). The number of carboxylic acids is 1. The zero-order valence-electron chi connectivity index (χ0n) is 18.7.